The number of benzene rings is 4. The third-order valence-electron chi connectivity index (χ3n) is 12.0. The Hall–Kier alpha value is -7.62. The van der Waals surface area contributed by atoms with E-state index in [9.17, 15) is 19.2 Å². The molecule has 3 aliphatic rings. The number of imidazole rings is 2. The molecule has 0 bridgehead atoms. The van der Waals surface area contributed by atoms with Crippen LogP contribution in [0.15, 0.2) is 109 Å². The number of likely N-dealkylation sites (tertiary alicyclic amines) is 2. The number of nitrogens with zero attached hydrogens (tertiary/aromatic N) is 4. The highest BCUT2D eigenvalue weighted by molar-refractivity contribution is 5.88. The lowest BCUT2D eigenvalue weighted by atomic mass is 9.98. The van der Waals surface area contributed by atoms with E-state index in [0.29, 0.717) is 71.7 Å². The van der Waals surface area contributed by atoms with Crippen molar-refractivity contribution in [3.05, 3.63) is 132 Å². The highest BCUT2D eigenvalue weighted by Gasteiger charge is 2.37. The normalized spacial score (nSPS) is 17.7. The number of nitrogens with one attached hydrogen (secondary N) is 4. The Balaban J connectivity index is 0.897. The second-order valence-electron chi connectivity index (χ2n) is 15.9. The number of carbonyl (C=O) groups excluding carboxylic acids is 4. The van der Waals surface area contributed by atoms with Gasteiger partial charge in [-0.25, -0.2) is 19.6 Å². The van der Waals surface area contributed by atoms with Gasteiger partial charge in [0.2, 0.25) is 0 Å². The van der Waals surface area contributed by atoms with E-state index in [1.165, 1.54) is 14.2 Å². The first kappa shape index (κ1) is 41.7. The number of carbonyl (C=O) groups is 4. The average Bonchev–Trinajstić information content (AvgIpc) is 4.06. The molecule has 328 valence electrons. The van der Waals surface area contributed by atoms with Crippen LogP contribution in [-0.2, 0) is 19.1 Å². The number of H-pyrrole nitrogens is 2. The molecule has 3 aliphatic heterocycles. The number of aromatic amines is 2. The molecule has 2 saturated heterocycles. The van der Waals surface area contributed by atoms with Crippen LogP contribution in [0.4, 0.5) is 9.59 Å². The van der Waals surface area contributed by atoms with Crippen molar-refractivity contribution in [3.8, 4) is 45.5 Å². The quantitative estimate of drug-likeness (QED) is 0.103. The number of alkyl carbamates (subject to hydrolysis) is 2. The van der Waals surface area contributed by atoms with Crippen molar-refractivity contribution in [1.82, 2.24) is 40.4 Å². The number of piperidine rings is 2. The van der Waals surface area contributed by atoms with E-state index in [2.05, 4.69) is 20.6 Å². The summed E-state index contributed by atoms with van der Waals surface area (Å²) in [5, 5.41) is 5.45. The van der Waals surface area contributed by atoms with Gasteiger partial charge in [0.1, 0.15) is 23.7 Å². The summed E-state index contributed by atoms with van der Waals surface area (Å²) in [5.74, 6) is 2.97. The van der Waals surface area contributed by atoms with E-state index < -0.39 is 24.3 Å². The number of hydrogen-bond acceptors (Lipinski definition) is 10. The lowest BCUT2D eigenvalue weighted by Crippen LogP contribution is -2.46. The fraction of sp³-hybridized carbons (Fsp3) is 0.292. The fourth-order valence-electron chi connectivity index (χ4n) is 8.73. The second-order valence-corrected chi connectivity index (χ2v) is 15.9. The van der Waals surface area contributed by atoms with Crippen LogP contribution in [0.25, 0.3) is 22.5 Å². The number of ether oxygens (including phenoxy) is 4. The summed E-state index contributed by atoms with van der Waals surface area (Å²) in [4.78, 5) is 72.9. The van der Waals surface area contributed by atoms with Gasteiger partial charge in [0.25, 0.3) is 11.8 Å². The predicted octanol–water partition coefficient (Wildman–Crippen LogP) is 8.67. The first-order valence-corrected chi connectivity index (χ1v) is 21.4. The van der Waals surface area contributed by atoms with Crippen LogP contribution in [0.3, 0.4) is 0 Å². The third kappa shape index (κ3) is 8.58. The predicted molar refractivity (Wildman–Crippen MR) is 234 cm³/mol. The minimum atomic E-state index is -0.917. The van der Waals surface area contributed by atoms with Crippen molar-refractivity contribution in [2.45, 2.75) is 62.7 Å². The Morgan fingerprint density at radius 1 is 0.594 bits per heavy atom. The SMILES string of the molecule is COC(=O)N[C@@H](C(=O)N1CCCC[C@H]1c1ncc(-c2ccc3c(c2)Oc2ccc(-c4cnc([C@@H]5CCCCN5C(=O)[C@H](NC(=O)OC)c5ccccc5)[nH]4)cc2O3)[nH]1)c1ccccc1. The zero-order valence-corrected chi connectivity index (χ0v) is 35.4. The highest BCUT2D eigenvalue weighted by atomic mass is 16.6. The van der Waals surface area contributed by atoms with Crippen molar-refractivity contribution in [2.24, 2.45) is 0 Å². The zero-order chi connectivity index (χ0) is 44.2. The van der Waals surface area contributed by atoms with Gasteiger partial charge in [0.05, 0.1) is 50.1 Å². The second kappa shape index (κ2) is 18.4. The topological polar surface area (TPSA) is 193 Å². The van der Waals surface area contributed by atoms with Gasteiger partial charge < -0.3 is 49.3 Å². The van der Waals surface area contributed by atoms with Crippen LogP contribution in [0.2, 0.25) is 0 Å². The first-order chi connectivity index (χ1) is 31.3. The highest BCUT2D eigenvalue weighted by Crippen LogP contribution is 2.48. The molecule has 2 aromatic heterocycles. The maximum atomic E-state index is 14.1. The minimum Gasteiger partial charge on any atom is -0.453 e. The van der Waals surface area contributed by atoms with Gasteiger partial charge in [-0.2, -0.15) is 0 Å². The maximum absolute atomic E-state index is 14.1. The Labute approximate surface area is 369 Å². The van der Waals surface area contributed by atoms with Crippen LogP contribution in [0.5, 0.6) is 23.0 Å². The Kier molecular flexibility index (Phi) is 12.0. The van der Waals surface area contributed by atoms with Gasteiger partial charge in [-0.05, 0) is 86.1 Å². The number of fused-ring (bicyclic) bond motifs is 2. The molecule has 9 rings (SSSR count). The number of hydrogen-bond donors (Lipinski definition) is 4. The molecule has 0 spiro atoms. The summed E-state index contributed by atoms with van der Waals surface area (Å²) in [5.41, 5.74) is 4.46. The molecule has 0 aliphatic carbocycles. The molecular weight excluding hydrogens is 817 g/mol. The molecule has 2 fully saturated rings. The van der Waals surface area contributed by atoms with Crippen molar-refractivity contribution in [1.29, 1.82) is 0 Å². The molecule has 0 saturated carbocycles. The van der Waals surface area contributed by atoms with E-state index in [4.69, 9.17) is 28.9 Å². The molecule has 64 heavy (non-hydrogen) atoms. The Bertz CT molecular complexity index is 2470. The van der Waals surface area contributed by atoms with Crippen molar-refractivity contribution in [2.75, 3.05) is 27.3 Å². The summed E-state index contributed by atoms with van der Waals surface area (Å²) in [6, 6.07) is 27.1. The van der Waals surface area contributed by atoms with E-state index in [-0.39, 0.29) is 23.9 Å². The minimum absolute atomic E-state index is 0.236. The molecule has 16 heteroatoms. The van der Waals surface area contributed by atoms with Crippen LogP contribution in [0, 0.1) is 0 Å². The molecule has 6 aromatic rings. The summed E-state index contributed by atoms with van der Waals surface area (Å²) in [6.07, 6.45) is 7.06. The molecule has 4 amide bonds. The summed E-state index contributed by atoms with van der Waals surface area (Å²) >= 11 is 0. The average molecular weight is 865 g/mol. The van der Waals surface area contributed by atoms with Crippen molar-refractivity contribution >= 4 is 24.0 Å². The van der Waals surface area contributed by atoms with Crippen LogP contribution < -0.4 is 20.1 Å². The lowest BCUT2D eigenvalue weighted by molar-refractivity contribution is -0.138. The van der Waals surface area contributed by atoms with Crippen LogP contribution >= 0.6 is 0 Å². The van der Waals surface area contributed by atoms with Gasteiger partial charge in [0, 0.05) is 24.2 Å². The molecule has 4 aromatic carbocycles. The third-order valence-corrected chi connectivity index (χ3v) is 12.0. The van der Waals surface area contributed by atoms with Crippen molar-refractivity contribution in [3.63, 3.8) is 0 Å². The summed E-state index contributed by atoms with van der Waals surface area (Å²) in [6.45, 7) is 1.04. The summed E-state index contributed by atoms with van der Waals surface area (Å²) < 4.78 is 22.5. The van der Waals surface area contributed by atoms with E-state index >= 15 is 0 Å². The molecule has 0 radical (unpaired) electrons. The lowest BCUT2D eigenvalue weighted by Gasteiger charge is -2.37. The van der Waals surface area contributed by atoms with Gasteiger partial charge >= 0.3 is 12.2 Å². The molecule has 0 unspecified atom stereocenters. The monoisotopic (exact) mass is 864 g/mol. The van der Waals surface area contributed by atoms with E-state index in [1.807, 2.05) is 97.1 Å². The maximum Gasteiger partial charge on any atom is 0.407 e. The van der Waals surface area contributed by atoms with Gasteiger partial charge in [-0.3, -0.25) is 9.59 Å². The van der Waals surface area contributed by atoms with Crippen LogP contribution in [0.1, 0.15) is 85.5 Å². The summed E-state index contributed by atoms with van der Waals surface area (Å²) in [7, 11) is 2.55. The largest absolute Gasteiger partial charge is 0.453 e. The molecule has 5 heterocycles. The van der Waals surface area contributed by atoms with E-state index in [0.717, 1.165) is 48.2 Å². The zero-order valence-electron chi connectivity index (χ0n) is 35.4. The molecule has 4 atom stereocenters. The van der Waals surface area contributed by atoms with Crippen LogP contribution in [-0.4, -0.2) is 81.0 Å². The molecule has 4 N–H and O–H groups in total. The van der Waals surface area contributed by atoms with Gasteiger partial charge in [-0.15, -0.1) is 0 Å². The number of rotatable bonds is 10. The standard InChI is InChI=1S/C48H48N8O8/c1-61-47(59)53-41(29-13-5-3-6-14-29)45(57)55-23-11-9-17-35(55)43-49-27-33(51-43)31-19-21-37-39(25-31)63-38-22-20-32(26-40(38)64-37)34-28-50-44(52-34)36-18-10-12-24-56(36)46(58)42(54-48(60)62-2)30-15-7-4-8-16-30/h3-8,13-16,19-22,25-28,35-36,41-42H,9-12,17-18,23-24H2,1-2H3,(H,49,51)(H,50,52)(H,53,59)(H,54,60)/t35-,36-,41+,42+/m0/s1. The number of amides is 4. The van der Waals surface area contributed by atoms with Crippen molar-refractivity contribution < 1.29 is 38.1 Å². The molecular formula is C48H48N8O8. The smallest absolute Gasteiger partial charge is 0.407 e. The first-order valence-electron chi connectivity index (χ1n) is 21.4. The Morgan fingerprint density at radius 2 is 1.02 bits per heavy atom. The van der Waals surface area contributed by atoms with Gasteiger partial charge in [-0.1, -0.05) is 60.7 Å². The Morgan fingerprint density at radius 3 is 1.42 bits per heavy atom. The number of methoxy groups -OCH3 is 2. The number of aromatic nitrogens is 4. The van der Waals surface area contributed by atoms with E-state index in [1.54, 1.807) is 22.2 Å². The van der Waals surface area contributed by atoms with Gasteiger partial charge in [0.15, 0.2) is 23.0 Å². The fourth-order valence-corrected chi connectivity index (χ4v) is 8.73. The molecule has 16 nitrogen and oxygen atoms in total.